The molecule has 0 bridgehead atoms. The van der Waals surface area contributed by atoms with Gasteiger partial charge in [-0.05, 0) is 35.9 Å². The van der Waals surface area contributed by atoms with Crippen molar-refractivity contribution in [3.8, 4) is 0 Å². The molecule has 1 aromatic heterocycles. The van der Waals surface area contributed by atoms with E-state index in [2.05, 4.69) is 19.4 Å². The van der Waals surface area contributed by atoms with Gasteiger partial charge >= 0.3 is 12.1 Å². The Morgan fingerprint density at radius 1 is 0.963 bits per heavy atom. The summed E-state index contributed by atoms with van der Waals surface area (Å²) in [7, 11) is -3.75. The standard InChI is InChI=1S/C17H12F3N3O3S/c18-17(19,20)16-21-15(22-26-16)11-8-12-6-9-14(10-7-12)27(24,25)23-13-4-2-1-3-5-13/h1-11,23H. The van der Waals surface area contributed by atoms with Crippen LogP contribution in [0.4, 0.5) is 18.9 Å². The molecule has 0 unspecified atom stereocenters. The van der Waals surface area contributed by atoms with Gasteiger partial charge in [0, 0.05) is 5.69 Å². The van der Waals surface area contributed by atoms with Crippen LogP contribution in [0.3, 0.4) is 0 Å². The Hall–Kier alpha value is -3.14. The third-order valence-electron chi connectivity index (χ3n) is 3.33. The molecular weight excluding hydrogens is 383 g/mol. The van der Waals surface area contributed by atoms with E-state index in [0.29, 0.717) is 11.3 Å². The number of nitrogens with zero attached hydrogens (tertiary/aromatic N) is 2. The van der Waals surface area contributed by atoms with Gasteiger partial charge in [0.2, 0.25) is 0 Å². The predicted octanol–water partition coefficient (Wildman–Crippen LogP) is 4.06. The molecule has 0 atom stereocenters. The van der Waals surface area contributed by atoms with E-state index in [9.17, 15) is 21.6 Å². The summed E-state index contributed by atoms with van der Waals surface area (Å²) in [4.78, 5) is 3.25. The Labute approximate surface area is 152 Å². The van der Waals surface area contributed by atoms with Gasteiger partial charge in [-0.25, -0.2) is 8.42 Å². The number of aromatic nitrogens is 2. The molecule has 140 valence electrons. The second-order valence-electron chi connectivity index (χ2n) is 5.33. The summed E-state index contributed by atoms with van der Waals surface area (Å²) < 4.78 is 68.4. The first-order valence-corrected chi connectivity index (χ1v) is 8.99. The molecule has 0 spiro atoms. The number of anilines is 1. The summed E-state index contributed by atoms with van der Waals surface area (Å²) in [5.41, 5.74) is 0.978. The second-order valence-corrected chi connectivity index (χ2v) is 7.01. The summed E-state index contributed by atoms with van der Waals surface area (Å²) in [6.07, 6.45) is -2.04. The minimum Gasteiger partial charge on any atom is -0.329 e. The Balaban J connectivity index is 1.72. The van der Waals surface area contributed by atoms with E-state index >= 15 is 0 Å². The maximum atomic E-state index is 12.4. The molecule has 0 saturated carbocycles. The van der Waals surface area contributed by atoms with Crippen LogP contribution in [-0.4, -0.2) is 18.6 Å². The number of benzene rings is 2. The van der Waals surface area contributed by atoms with Gasteiger partial charge in [0.25, 0.3) is 10.0 Å². The van der Waals surface area contributed by atoms with Gasteiger partial charge in [-0.15, -0.1) is 0 Å². The van der Waals surface area contributed by atoms with Crippen molar-refractivity contribution >= 4 is 27.9 Å². The highest BCUT2D eigenvalue weighted by Gasteiger charge is 2.38. The summed E-state index contributed by atoms with van der Waals surface area (Å²) in [6.45, 7) is 0. The maximum Gasteiger partial charge on any atom is 0.471 e. The van der Waals surface area contributed by atoms with Crippen LogP contribution in [0.2, 0.25) is 0 Å². The van der Waals surface area contributed by atoms with E-state index in [-0.39, 0.29) is 10.7 Å². The molecule has 0 aliphatic carbocycles. The highest BCUT2D eigenvalue weighted by Crippen LogP contribution is 2.27. The summed E-state index contributed by atoms with van der Waals surface area (Å²) in [5.74, 6) is -1.68. The summed E-state index contributed by atoms with van der Waals surface area (Å²) >= 11 is 0. The van der Waals surface area contributed by atoms with Crippen LogP contribution in [0, 0.1) is 0 Å². The van der Waals surface area contributed by atoms with Crippen molar-refractivity contribution in [2.24, 2.45) is 0 Å². The first-order chi connectivity index (χ1) is 12.7. The number of rotatable bonds is 5. The summed E-state index contributed by atoms with van der Waals surface area (Å²) in [6, 6.07) is 14.2. The quantitative estimate of drug-likeness (QED) is 0.704. The molecule has 0 radical (unpaired) electrons. The van der Waals surface area contributed by atoms with Crippen LogP contribution in [0.1, 0.15) is 17.3 Å². The lowest BCUT2D eigenvalue weighted by Gasteiger charge is -2.08. The zero-order chi connectivity index (χ0) is 19.5. The molecule has 0 aliphatic heterocycles. The Morgan fingerprint density at radius 3 is 2.22 bits per heavy atom. The van der Waals surface area contributed by atoms with Crippen LogP contribution in [0.5, 0.6) is 0 Å². The SMILES string of the molecule is O=S(=O)(Nc1ccccc1)c1ccc(C=Cc2noc(C(F)(F)F)n2)cc1. The van der Waals surface area contributed by atoms with E-state index in [1.165, 1.54) is 36.4 Å². The van der Waals surface area contributed by atoms with Gasteiger partial charge in [0.1, 0.15) is 0 Å². The number of halogens is 3. The molecule has 0 aliphatic rings. The van der Waals surface area contributed by atoms with Crippen molar-refractivity contribution < 1.29 is 26.1 Å². The topological polar surface area (TPSA) is 85.1 Å². The van der Waals surface area contributed by atoms with Crippen LogP contribution in [0.15, 0.2) is 64.0 Å². The van der Waals surface area contributed by atoms with Crippen LogP contribution < -0.4 is 4.72 Å². The molecule has 27 heavy (non-hydrogen) atoms. The van der Waals surface area contributed by atoms with E-state index in [4.69, 9.17) is 0 Å². The van der Waals surface area contributed by atoms with Crippen LogP contribution in [-0.2, 0) is 16.2 Å². The first-order valence-electron chi connectivity index (χ1n) is 7.51. The zero-order valence-corrected chi connectivity index (χ0v) is 14.3. The Morgan fingerprint density at radius 2 is 1.63 bits per heavy atom. The van der Waals surface area contributed by atoms with Crippen molar-refractivity contribution in [2.75, 3.05) is 4.72 Å². The Kier molecular flexibility index (Phi) is 5.00. The second kappa shape index (κ2) is 7.23. The molecule has 2 aromatic carbocycles. The molecule has 1 N–H and O–H groups in total. The Bertz CT molecular complexity index is 1040. The van der Waals surface area contributed by atoms with Crippen molar-refractivity contribution in [3.63, 3.8) is 0 Å². The average Bonchev–Trinajstić information content (AvgIpc) is 3.10. The monoisotopic (exact) mass is 395 g/mol. The molecular formula is C17H12F3N3O3S. The molecule has 1 heterocycles. The highest BCUT2D eigenvalue weighted by molar-refractivity contribution is 7.92. The molecule has 0 fully saturated rings. The van der Waals surface area contributed by atoms with Gasteiger partial charge in [0.15, 0.2) is 5.82 Å². The molecule has 0 amide bonds. The van der Waals surface area contributed by atoms with Crippen molar-refractivity contribution in [2.45, 2.75) is 11.1 Å². The fraction of sp³-hybridized carbons (Fsp3) is 0.0588. The normalized spacial score (nSPS) is 12.4. The highest BCUT2D eigenvalue weighted by atomic mass is 32.2. The lowest BCUT2D eigenvalue weighted by molar-refractivity contribution is -0.159. The van der Waals surface area contributed by atoms with Crippen molar-refractivity contribution in [1.82, 2.24) is 10.1 Å². The van der Waals surface area contributed by atoms with Crippen LogP contribution in [0.25, 0.3) is 12.2 Å². The van der Waals surface area contributed by atoms with E-state index in [1.807, 2.05) is 0 Å². The number of para-hydroxylation sites is 1. The minimum absolute atomic E-state index is 0.0439. The number of sulfonamides is 1. The number of hydrogen-bond acceptors (Lipinski definition) is 5. The number of alkyl halides is 3. The fourth-order valence-corrected chi connectivity index (χ4v) is 3.13. The number of hydrogen-bond donors (Lipinski definition) is 1. The molecule has 6 nitrogen and oxygen atoms in total. The van der Waals surface area contributed by atoms with Gasteiger partial charge in [-0.2, -0.15) is 18.2 Å². The third kappa shape index (κ3) is 4.73. The van der Waals surface area contributed by atoms with Gasteiger partial charge in [0.05, 0.1) is 4.90 Å². The largest absolute Gasteiger partial charge is 0.471 e. The number of nitrogens with one attached hydrogen (secondary N) is 1. The average molecular weight is 395 g/mol. The first kappa shape index (κ1) is 18.6. The molecule has 0 saturated heterocycles. The lowest BCUT2D eigenvalue weighted by Crippen LogP contribution is -2.12. The molecule has 3 rings (SSSR count). The van der Waals surface area contributed by atoms with E-state index < -0.39 is 22.1 Å². The minimum atomic E-state index is -4.71. The lowest BCUT2D eigenvalue weighted by atomic mass is 10.2. The smallest absolute Gasteiger partial charge is 0.329 e. The van der Waals surface area contributed by atoms with Crippen molar-refractivity contribution in [3.05, 3.63) is 71.9 Å². The maximum absolute atomic E-state index is 12.4. The molecule has 10 heteroatoms. The van der Waals surface area contributed by atoms with Gasteiger partial charge in [-0.1, -0.05) is 41.6 Å². The fourth-order valence-electron chi connectivity index (χ4n) is 2.07. The van der Waals surface area contributed by atoms with Gasteiger partial charge < -0.3 is 4.52 Å². The third-order valence-corrected chi connectivity index (χ3v) is 4.72. The zero-order valence-electron chi connectivity index (χ0n) is 13.5. The van der Waals surface area contributed by atoms with E-state index in [0.717, 1.165) is 0 Å². The van der Waals surface area contributed by atoms with Crippen LogP contribution >= 0.6 is 0 Å². The van der Waals surface area contributed by atoms with Gasteiger partial charge in [-0.3, -0.25) is 4.72 Å². The predicted molar refractivity (Wildman–Crippen MR) is 91.9 cm³/mol. The summed E-state index contributed by atoms with van der Waals surface area (Å²) in [5, 5.41) is 3.20. The van der Waals surface area contributed by atoms with E-state index in [1.54, 1.807) is 30.3 Å². The van der Waals surface area contributed by atoms with Crippen molar-refractivity contribution in [1.29, 1.82) is 0 Å². The molecule has 3 aromatic rings.